The third-order valence-electron chi connectivity index (χ3n) is 6.59. The summed E-state index contributed by atoms with van der Waals surface area (Å²) in [5.74, 6) is -0.365. The molecule has 36 heavy (non-hydrogen) atoms. The Balaban J connectivity index is 1.20. The highest BCUT2D eigenvalue weighted by molar-refractivity contribution is 6.04. The number of hydrogen-bond donors (Lipinski definition) is 2. The summed E-state index contributed by atoms with van der Waals surface area (Å²) in [5, 5.41) is 18.4. The van der Waals surface area contributed by atoms with Crippen molar-refractivity contribution in [3.63, 3.8) is 0 Å². The molecule has 1 saturated heterocycles. The first-order valence-electron chi connectivity index (χ1n) is 11.7. The molecule has 0 unspecified atom stereocenters. The molecule has 0 radical (unpaired) electrons. The molecule has 184 valence electrons. The van der Waals surface area contributed by atoms with Gasteiger partial charge < -0.3 is 15.3 Å². The van der Waals surface area contributed by atoms with Crippen molar-refractivity contribution >= 4 is 28.5 Å². The fourth-order valence-corrected chi connectivity index (χ4v) is 4.45. The fraction of sp³-hybridized carbons (Fsp3) is 0.269. The highest BCUT2D eigenvalue weighted by atomic mass is 16.3. The van der Waals surface area contributed by atoms with Gasteiger partial charge in [0.2, 0.25) is 0 Å². The molecule has 1 aliphatic rings. The number of rotatable bonds is 5. The lowest BCUT2D eigenvalue weighted by atomic mass is 9.91. The summed E-state index contributed by atoms with van der Waals surface area (Å²) in [4.78, 5) is 44.1. The highest BCUT2D eigenvalue weighted by Gasteiger charge is 2.35. The van der Waals surface area contributed by atoms with Gasteiger partial charge in [-0.15, -0.1) is 0 Å². The van der Waals surface area contributed by atoms with Crippen molar-refractivity contribution in [1.29, 1.82) is 0 Å². The van der Waals surface area contributed by atoms with Gasteiger partial charge in [-0.1, -0.05) is 18.2 Å². The van der Waals surface area contributed by atoms with E-state index in [1.165, 1.54) is 21.8 Å². The Morgan fingerprint density at radius 3 is 2.42 bits per heavy atom. The largest absolute Gasteiger partial charge is 0.388 e. The average Bonchev–Trinajstić information content (AvgIpc) is 3.28. The fourth-order valence-electron chi connectivity index (χ4n) is 4.45. The van der Waals surface area contributed by atoms with Crippen LogP contribution in [0.5, 0.6) is 0 Å². The van der Waals surface area contributed by atoms with Gasteiger partial charge in [-0.2, -0.15) is 5.10 Å². The zero-order valence-electron chi connectivity index (χ0n) is 19.8. The van der Waals surface area contributed by atoms with Crippen LogP contribution in [0.15, 0.2) is 71.9 Å². The van der Waals surface area contributed by atoms with Gasteiger partial charge in [0, 0.05) is 37.0 Å². The SMILES string of the molecule is Cn1ncc2c(=O)n(CC3(O)CCN(C(=O)c4ccc(NC(=O)c5ccccc5)cc4)CC3)cnc21. The van der Waals surface area contributed by atoms with Crippen molar-refractivity contribution in [3.05, 3.63) is 88.6 Å². The van der Waals surface area contributed by atoms with E-state index in [-0.39, 0.29) is 23.9 Å². The number of anilines is 1. The number of nitrogens with one attached hydrogen (secondary N) is 1. The molecule has 0 spiro atoms. The third-order valence-corrected chi connectivity index (χ3v) is 6.59. The molecule has 0 bridgehead atoms. The topological polar surface area (TPSA) is 122 Å². The Morgan fingerprint density at radius 2 is 1.72 bits per heavy atom. The van der Waals surface area contributed by atoms with E-state index in [2.05, 4.69) is 15.4 Å². The van der Waals surface area contributed by atoms with Crippen molar-refractivity contribution in [3.8, 4) is 0 Å². The first-order chi connectivity index (χ1) is 17.3. The first kappa shape index (κ1) is 23.4. The molecular weight excluding hydrogens is 460 g/mol. The number of amides is 2. The van der Waals surface area contributed by atoms with Gasteiger partial charge in [0.15, 0.2) is 5.65 Å². The summed E-state index contributed by atoms with van der Waals surface area (Å²) >= 11 is 0. The molecule has 2 N–H and O–H groups in total. The number of piperidine rings is 1. The minimum atomic E-state index is -1.12. The van der Waals surface area contributed by atoms with Crippen molar-refractivity contribution in [2.75, 3.05) is 18.4 Å². The van der Waals surface area contributed by atoms with Crippen LogP contribution in [0.25, 0.3) is 11.0 Å². The van der Waals surface area contributed by atoms with E-state index in [0.29, 0.717) is 53.8 Å². The van der Waals surface area contributed by atoms with Crippen LogP contribution in [0, 0.1) is 0 Å². The summed E-state index contributed by atoms with van der Waals surface area (Å²) in [5.41, 5.74) is 0.772. The van der Waals surface area contributed by atoms with Gasteiger partial charge in [0.1, 0.15) is 11.7 Å². The first-order valence-corrected chi connectivity index (χ1v) is 11.7. The van der Waals surface area contributed by atoms with Gasteiger partial charge in [-0.25, -0.2) is 4.98 Å². The zero-order valence-corrected chi connectivity index (χ0v) is 19.8. The van der Waals surface area contributed by atoms with Crippen LogP contribution >= 0.6 is 0 Å². The predicted octanol–water partition coefficient (Wildman–Crippen LogP) is 2.05. The second kappa shape index (κ2) is 9.38. The van der Waals surface area contributed by atoms with Crippen LogP contribution < -0.4 is 10.9 Å². The summed E-state index contributed by atoms with van der Waals surface area (Å²) in [7, 11) is 1.72. The van der Waals surface area contributed by atoms with E-state index in [9.17, 15) is 19.5 Å². The normalized spacial score (nSPS) is 15.1. The predicted molar refractivity (Wildman–Crippen MR) is 134 cm³/mol. The summed E-state index contributed by atoms with van der Waals surface area (Å²) < 4.78 is 2.94. The number of carbonyl (C=O) groups excluding carboxylic acids is 2. The molecule has 10 heteroatoms. The molecule has 1 fully saturated rings. The van der Waals surface area contributed by atoms with Crippen LogP contribution in [0.4, 0.5) is 5.69 Å². The molecule has 0 atom stereocenters. The third kappa shape index (κ3) is 4.63. The molecule has 10 nitrogen and oxygen atoms in total. The number of aryl methyl sites for hydroxylation is 1. The van der Waals surface area contributed by atoms with E-state index in [4.69, 9.17) is 0 Å². The van der Waals surface area contributed by atoms with E-state index in [0.717, 1.165) is 0 Å². The van der Waals surface area contributed by atoms with Crippen molar-refractivity contribution in [1.82, 2.24) is 24.2 Å². The van der Waals surface area contributed by atoms with E-state index < -0.39 is 5.60 Å². The molecular formula is C26H26N6O4. The molecule has 2 amide bonds. The Hall–Kier alpha value is -4.31. The van der Waals surface area contributed by atoms with Gasteiger partial charge in [-0.3, -0.25) is 23.6 Å². The van der Waals surface area contributed by atoms with Crippen LogP contribution in [0.1, 0.15) is 33.6 Å². The lowest BCUT2D eigenvalue weighted by molar-refractivity contribution is -0.0299. The molecule has 2 aromatic heterocycles. The van der Waals surface area contributed by atoms with Gasteiger partial charge in [-0.05, 0) is 49.2 Å². The van der Waals surface area contributed by atoms with Gasteiger partial charge in [0.25, 0.3) is 17.4 Å². The zero-order chi connectivity index (χ0) is 25.3. The Morgan fingerprint density at radius 1 is 1.03 bits per heavy atom. The summed E-state index contributed by atoms with van der Waals surface area (Å²) in [6.07, 6.45) is 3.58. The second-order valence-electron chi connectivity index (χ2n) is 9.10. The van der Waals surface area contributed by atoms with Gasteiger partial charge >= 0.3 is 0 Å². The number of nitrogens with zero attached hydrogens (tertiary/aromatic N) is 5. The quantitative estimate of drug-likeness (QED) is 0.445. The average molecular weight is 487 g/mol. The number of aliphatic hydroxyl groups is 1. The summed E-state index contributed by atoms with van der Waals surface area (Å²) in [6.45, 7) is 0.819. The lowest BCUT2D eigenvalue weighted by Crippen LogP contribution is -2.49. The molecule has 0 aliphatic carbocycles. The Kier molecular flexibility index (Phi) is 6.11. The highest BCUT2D eigenvalue weighted by Crippen LogP contribution is 2.25. The van der Waals surface area contributed by atoms with Crippen molar-refractivity contribution in [2.45, 2.75) is 25.0 Å². The number of aromatic nitrogens is 4. The molecule has 5 rings (SSSR count). The minimum absolute atomic E-state index is 0.0987. The maximum absolute atomic E-state index is 13.0. The van der Waals surface area contributed by atoms with Crippen LogP contribution in [-0.4, -0.2) is 59.8 Å². The van der Waals surface area contributed by atoms with Crippen molar-refractivity contribution < 1.29 is 14.7 Å². The maximum Gasteiger partial charge on any atom is 0.264 e. The number of benzene rings is 2. The van der Waals surface area contributed by atoms with E-state index >= 15 is 0 Å². The number of hydrogen-bond acceptors (Lipinski definition) is 6. The molecule has 3 heterocycles. The second-order valence-corrected chi connectivity index (χ2v) is 9.10. The Labute approximate surface area is 206 Å². The minimum Gasteiger partial charge on any atom is -0.388 e. The number of carbonyl (C=O) groups is 2. The standard InChI is InChI=1S/C26H26N6O4/c1-30-22-21(15-28-30)25(35)32(17-27-22)16-26(36)11-13-31(14-12-26)24(34)19-7-9-20(10-8-19)29-23(33)18-5-3-2-4-6-18/h2-10,15,17,36H,11-14,16H2,1H3,(H,29,33). The molecule has 1 aliphatic heterocycles. The lowest BCUT2D eigenvalue weighted by Gasteiger charge is -2.38. The van der Waals surface area contributed by atoms with E-state index in [1.807, 2.05) is 6.07 Å². The van der Waals surface area contributed by atoms with Crippen LogP contribution in [0.3, 0.4) is 0 Å². The monoisotopic (exact) mass is 486 g/mol. The van der Waals surface area contributed by atoms with Crippen LogP contribution in [0.2, 0.25) is 0 Å². The molecule has 0 saturated carbocycles. The summed E-state index contributed by atoms with van der Waals surface area (Å²) in [6, 6.07) is 15.7. The maximum atomic E-state index is 13.0. The number of likely N-dealkylation sites (tertiary alicyclic amines) is 1. The smallest absolute Gasteiger partial charge is 0.264 e. The van der Waals surface area contributed by atoms with Gasteiger partial charge in [0.05, 0.1) is 18.3 Å². The van der Waals surface area contributed by atoms with E-state index in [1.54, 1.807) is 60.5 Å². The van der Waals surface area contributed by atoms with Crippen molar-refractivity contribution in [2.24, 2.45) is 7.05 Å². The molecule has 2 aromatic carbocycles. The number of fused-ring (bicyclic) bond motifs is 1. The molecule has 4 aromatic rings. The van der Waals surface area contributed by atoms with Crippen LogP contribution in [-0.2, 0) is 13.6 Å². The Bertz CT molecular complexity index is 1470.